The van der Waals surface area contributed by atoms with Gasteiger partial charge < -0.3 is 9.42 Å². The maximum Gasteiger partial charge on any atom is 0.276 e. The largest absolute Gasteiger partial charge is 0.359 e. The quantitative estimate of drug-likeness (QED) is 0.727. The first-order valence-electron chi connectivity index (χ1n) is 8.83. The van der Waals surface area contributed by atoms with Crippen LogP contribution >= 0.6 is 0 Å². The van der Waals surface area contributed by atoms with E-state index in [1.165, 1.54) is 5.56 Å². The third kappa shape index (κ3) is 4.37. The molecule has 1 aromatic carbocycles. The highest BCUT2D eigenvalue weighted by Gasteiger charge is 2.26. The molecule has 2 aromatic rings. The SMILES string of the molecule is CC[C@@H]1C=CCN1C(=O)c1cc(CN(C)CCc2ccccc2)on1. The zero-order valence-electron chi connectivity index (χ0n) is 14.9. The van der Waals surface area contributed by atoms with Crippen LogP contribution in [0.2, 0.25) is 0 Å². The Kier molecular flexibility index (Phi) is 5.66. The molecule has 2 heterocycles. The summed E-state index contributed by atoms with van der Waals surface area (Å²) in [6.07, 6.45) is 6.00. The molecule has 0 fully saturated rings. The van der Waals surface area contributed by atoms with Gasteiger partial charge in [0.1, 0.15) is 0 Å². The number of benzene rings is 1. The van der Waals surface area contributed by atoms with Gasteiger partial charge in [0.25, 0.3) is 5.91 Å². The van der Waals surface area contributed by atoms with E-state index in [-0.39, 0.29) is 11.9 Å². The van der Waals surface area contributed by atoms with Crippen molar-refractivity contribution in [3.8, 4) is 0 Å². The topological polar surface area (TPSA) is 49.6 Å². The van der Waals surface area contributed by atoms with Crippen LogP contribution in [0.5, 0.6) is 0 Å². The monoisotopic (exact) mass is 339 g/mol. The number of aromatic nitrogens is 1. The van der Waals surface area contributed by atoms with Crippen LogP contribution in [0.4, 0.5) is 0 Å². The van der Waals surface area contributed by atoms with E-state index in [1.54, 1.807) is 6.07 Å². The standard InChI is InChI=1S/C20H25N3O2/c1-3-17-10-7-12-23(17)20(24)19-14-18(25-21-19)15-22(2)13-11-16-8-5-4-6-9-16/h4-10,14,17H,3,11-13,15H2,1-2H3/t17-/m1/s1. The lowest BCUT2D eigenvalue weighted by atomic mass is 10.1. The lowest BCUT2D eigenvalue weighted by Crippen LogP contribution is -2.35. The maximum absolute atomic E-state index is 12.6. The van der Waals surface area contributed by atoms with Gasteiger partial charge in [-0.05, 0) is 25.5 Å². The summed E-state index contributed by atoms with van der Waals surface area (Å²) in [5, 5.41) is 3.98. The molecule has 25 heavy (non-hydrogen) atoms. The zero-order chi connectivity index (χ0) is 17.6. The molecule has 1 amide bonds. The van der Waals surface area contributed by atoms with Gasteiger partial charge in [-0.2, -0.15) is 0 Å². The van der Waals surface area contributed by atoms with E-state index in [0.717, 1.165) is 25.1 Å². The minimum Gasteiger partial charge on any atom is -0.359 e. The lowest BCUT2D eigenvalue weighted by molar-refractivity contribution is 0.0737. The smallest absolute Gasteiger partial charge is 0.276 e. The lowest BCUT2D eigenvalue weighted by Gasteiger charge is -2.22. The molecule has 0 saturated carbocycles. The van der Waals surface area contributed by atoms with Crippen molar-refractivity contribution in [1.82, 2.24) is 15.0 Å². The predicted octanol–water partition coefficient (Wildman–Crippen LogP) is 3.14. The fourth-order valence-corrected chi connectivity index (χ4v) is 3.11. The molecule has 132 valence electrons. The fourth-order valence-electron chi connectivity index (χ4n) is 3.11. The van der Waals surface area contributed by atoms with Gasteiger partial charge >= 0.3 is 0 Å². The van der Waals surface area contributed by atoms with E-state index < -0.39 is 0 Å². The molecule has 5 nitrogen and oxygen atoms in total. The van der Waals surface area contributed by atoms with Crippen molar-refractivity contribution >= 4 is 5.91 Å². The number of hydrogen-bond donors (Lipinski definition) is 0. The van der Waals surface area contributed by atoms with Crippen molar-refractivity contribution in [3.63, 3.8) is 0 Å². The number of rotatable bonds is 7. The number of nitrogens with zero attached hydrogens (tertiary/aromatic N) is 3. The Morgan fingerprint density at radius 2 is 2.16 bits per heavy atom. The minimum absolute atomic E-state index is 0.0567. The molecular formula is C20H25N3O2. The summed E-state index contributed by atoms with van der Waals surface area (Å²) in [6, 6.07) is 12.3. The molecule has 1 atom stereocenters. The third-order valence-corrected chi connectivity index (χ3v) is 4.57. The molecule has 0 saturated heterocycles. The van der Waals surface area contributed by atoms with Crippen LogP contribution in [0.3, 0.4) is 0 Å². The molecule has 0 bridgehead atoms. The van der Waals surface area contributed by atoms with Gasteiger partial charge in [0, 0.05) is 19.2 Å². The van der Waals surface area contributed by atoms with Crippen LogP contribution in [0, 0.1) is 0 Å². The summed E-state index contributed by atoms with van der Waals surface area (Å²) >= 11 is 0. The van der Waals surface area contributed by atoms with Crippen LogP contribution in [0.1, 0.15) is 35.2 Å². The summed E-state index contributed by atoms with van der Waals surface area (Å²) in [6.45, 7) is 4.29. The normalized spacial score (nSPS) is 16.8. The first-order chi connectivity index (χ1) is 12.2. The Labute approximate surface area is 148 Å². The third-order valence-electron chi connectivity index (χ3n) is 4.57. The van der Waals surface area contributed by atoms with Gasteiger partial charge in [-0.15, -0.1) is 0 Å². The molecule has 0 N–H and O–H groups in total. The first kappa shape index (κ1) is 17.4. The van der Waals surface area contributed by atoms with Crippen molar-refractivity contribution in [3.05, 3.63) is 65.6 Å². The number of amides is 1. The minimum atomic E-state index is -0.0567. The van der Waals surface area contributed by atoms with Gasteiger partial charge in [0.05, 0.1) is 12.6 Å². The number of carbonyl (C=O) groups is 1. The Bertz CT molecular complexity index is 724. The van der Waals surface area contributed by atoms with Crippen LogP contribution in [-0.2, 0) is 13.0 Å². The van der Waals surface area contributed by atoms with Crippen LogP contribution in [0.15, 0.2) is 53.1 Å². The number of carbonyl (C=O) groups excluding carboxylic acids is 1. The van der Waals surface area contributed by atoms with E-state index in [4.69, 9.17) is 4.52 Å². The fraction of sp³-hybridized carbons (Fsp3) is 0.400. The van der Waals surface area contributed by atoms with Crippen molar-refractivity contribution in [1.29, 1.82) is 0 Å². The summed E-state index contributed by atoms with van der Waals surface area (Å²) < 4.78 is 5.38. The van der Waals surface area contributed by atoms with Crippen molar-refractivity contribution in [2.24, 2.45) is 0 Å². The number of likely N-dealkylation sites (N-methyl/N-ethyl adjacent to an activating group) is 1. The second-order valence-electron chi connectivity index (χ2n) is 6.51. The average Bonchev–Trinajstić information content (AvgIpc) is 3.29. The van der Waals surface area contributed by atoms with E-state index in [0.29, 0.717) is 18.8 Å². The Hall–Kier alpha value is -2.40. The molecule has 0 aliphatic carbocycles. The first-order valence-corrected chi connectivity index (χ1v) is 8.83. The second kappa shape index (κ2) is 8.12. The van der Waals surface area contributed by atoms with Gasteiger partial charge in [-0.3, -0.25) is 9.69 Å². The molecule has 3 rings (SSSR count). The van der Waals surface area contributed by atoms with Gasteiger partial charge in [-0.25, -0.2) is 0 Å². The van der Waals surface area contributed by atoms with E-state index in [2.05, 4.69) is 47.3 Å². The van der Waals surface area contributed by atoms with Crippen molar-refractivity contribution < 1.29 is 9.32 Å². The van der Waals surface area contributed by atoms with Crippen LogP contribution < -0.4 is 0 Å². The molecule has 1 aliphatic heterocycles. The highest BCUT2D eigenvalue weighted by Crippen LogP contribution is 2.17. The summed E-state index contributed by atoms with van der Waals surface area (Å²) in [5.74, 6) is 0.665. The Balaban J connectivity index is 1.53. The van der Waals surface area contributed by atoms with E-state index >= 15 is 0 Å². The zero-order valence-corrected chi connectivity index (χ0v) is 14.9. The Morgan fingerprint density at radius 3 is 2.92 bits per heavy atom. The van der Waals surface area contributed by atoms with Crippen LogP contribution in [0.25, 0.3) is 0 Å². The van der Waals surface area contributed by atoms with Crippen LogP contribution in [-0.4, -0.2) is 47.0 Å². The summed E-state index contributed by atoms with van der Waals surface area (Å²) in [5.41, 5.74) is 1.71. The molecule has 1 aromatic heterocycles. The molecule has 0 radical (unpaired) electrons. The number of hydrogen-bond acceptors (Lipinski definition) is 4. The summed E-state index contributed by atoms with van der Waals surface area (Å²) in [4.78, 5) is 16.6. The summed E-state index contributed by atoms with van der Waals surface area (Å²) in [7, 11) is 2.05. The molecule has 5 heteroatoms. The van der Waals surface area contributed by atoms with E-state index in [1.807, 2.05) is 24.1 Å². The average molecular weight is 339 g/mol. The van der Waals surface area contributed by atoms with Gasteiger partial charge in [-0.1, -0.05) is 54.6 Å². The van der Waals surface area contributed by atoms with Gasteiger partial charge in [0.15, 0.2) is 11.5 Å². The highest BCUT2D eigenvalue weighted by atomic mass is 16.5. The second-order valence-corrected chi connectivity index (χ2v) is 6.51. The molecule has 1 aliphatic rings. The molecule has 0 unspecified atom stereocenters. The van der Waals surface area contributed by atoms with Crippen molar-refractivity contribution in [2.75, 3.05) is 20.1 Å². The maximum atomic E-state index is 12.6. The van der Waals surface area contributed by atoms with Gasteiger partial charge in [0.2, 0.25) is 0 Å². The van der Waals surface area contributed by atoms with E-state index in [9.17, 15) is 4.79 Å². The predicted molar refractivity (Wildman–Crippen MR) is 97.2 cm³/mol. The molecule has 0 spiro atoms. The Morgan fingerprint density at radius 1 is 1.36 bits per heavy atom. The molecular weight excluding hydrogens is 314 g/mol. The van der Waals surface area contributed by atoms with Crippen molar-refractivity contribution in [2.45, 2.75) is 32.4 Å². The highest BCUT2D eigenvalue weighted by molar-refractivity contribution is 5.93.